The molecule has 2 aromatic carbocycles. The average molecular weight is 581 g/mol. The van der Waals surface area contributed by atoms with E-state index in [0.717, 1.165) is 15.6 Å². The molecule has 0 aliphatic rings. The Hall–Kier alpha value is -2.82. The second-order valence-electron chi connectivity index (χ2n) is 7.77. The topological polar surface area (TPSA) is 98.2 Å². The number of hydrogen-bond donors (Lipinski definition) is 2. The zero-order valence-corrected chi connectivity index (χ0v) is 22.3. The first-order chi connectivity index (χ1) is 16.3. The third-order valence-electron chi connectivity index (χ3n) is 4.76. The predicted molar refractivity (Wildman–Crippen MR) is 141 cm³/mol. The van der Waals surface area contributed by atoms with Gasteiger partial charge in [0.05, 0.1) is 30.1 Å². The van der Waals surface area contributed by atoms with Crippen LogP contribution in [0, 0.1) is 9.49 Å². The number of carbonyl (C=O) groups is 2. The van der Waals surface area contributed by atoms with E-state index in [1.807, 2.05) is 39.8 Å². The first-order valence-electron chi connectivity index (χ1n) is 11.2. The highest BCUT2D eigenvalue weighted by Gasteiger charge is 2.24. The fourth-order valence-corrected chi connectivity index (χ4v) is 3.79. The van der Waals surface area contributed by atoms with Crippen LogP contribution in [0.25, 0.3) is 0 Å². The van der Waals surface area contributed by atoms with Crippen LogP contribution in [0.4, 0.5) is 0 Å². The minimum absolute atomic E-state index is 0.141. The smallest absolute Gasteiger partial charge is 0.262 e. The molecular weight excluding hydrogens is 549 g/mol. The lowest BCUT2D eigenvalue weighted by atomic mass is 10.0. The molecule has 9 heteroatoms. The summed E-state index contributed by atoms with van der Waals surface area (Å²) >= 11 is 2.19. The average Bonchev–Trinajstić information content (AvgIpc) is 2.81. The zero-order valence-electron chi connectivity index (χ0n) is 20.2. The normalized spacial score (nSPS) is 11.9. The summed E-state index contributed by atoms with van der Waals surface area (Å²) in [4.78, 5) is 25.4. The summed E-state index contributed by atoms with van der Waals surface area (Å²) in [7, 11) is 1.56. The van der Waals surface area contributed by atoms with Crippen LogP contribution in [0.5, 0.6) is 17.2 Å². The molecule has 0 aliphatic carbocycles. The van der Waals surface area contributed by atoms with Crippen molar-refractivity contribution in [3.63, 3.8) is 0 Å². The number of halogens is 1. The first kappa shape index (κ1) is 27.4. The maximum Gasteiger partial charge on any atom is 0.262 e. The van der Waals surface area contributed by atoms with E-state index in [-0.39, 0.29) is 11.8 Å². The Labute approximate surface area is 214 Å². The molecule has 1 atom stereocenters. The lowest BCUT2D eigenvalue weighted by Gasteiger charge is -2.20. The van der Waals surface area contributed by atoms with Crippen LogP contribution in [0.1, 0.15) is 50.0 Å². The van der Waals surface area contributed by atoms with Crippen molar-refractivity contribution < 1.29 is 23.8 Å². The fourth-order valence-electron chi connectivity index (χ4n) is 3.01. The second kappa shape index (κ2) is 13.8. The molecule has 0 spiro atoms. The van der Waals surface area contributed by atoms with E-state index in [2.05, 4.69) is 38.4 Å². The number of methoxy groups -OCH3 is 1. The van der Waals surface area contributed by atoms with Crippen molar-refractivity contribution in [2.75, 3.05) is 20.3 Å². The number of hydrazone groups is 1. The molecule has 2 aromatic rings. The third-order valence-corrected chi connectivity index (χ3v) is 5.56. The lowest BCUT2D eigenvalue weighted by Crippen LogP contribution is -2.48. The zero-order chi connectivity index (χ0) is 25.1. The number of hydrogen-bond acceptors (Lipinski definition) is 6. The summed E-state index contributed by atoms with van der Waals surface area (Å²) in [5, 5.41) is 6.87. The van der Waals surface area contributed by atoms with Gasteiger partial charge in [-0.05, 0) is 83.8 Å². The Morgan fingerprint density at radius 3 is 2.41 bits per heavy atom. The first-order valence-corrected chi connectivity index (χ1v) is 12.3. The number of benzene rings is 2. The lowest BCUT2D eigenvalue weighted by molar-refractivity contribution is -0.123. The predicted octanol–water partition coefficient (Wildman–Crippen LogP) is 4.39. The van der Waals surface area contributed by atoms with Crippen molar-refractivity contribution in [2.45, 2.75) is 40.2 Å². The van der Waals surface area contributed by atoms with E-state index in [1.54, 1.807) is 31.4 Å². The number of nitrogens with one attached hydrogen (secondary N) is 2. The molecule has 0 heterocycles. The van der Waals surface area contributed by atoms with E-state index >= 15 is 0 Å². The van der Waals surface area contributed by atoms with Gasteiger partial charge in [-0.25, -0.2) is 5.43 Å². The van der Waals surface area contributed by atoms with Crippen LogP contribution in [0.15, 0.2) is 41.5 Å². The quantitative estimate of drug-likeness (QED) is 0.220. The maximum absolute atomic E-state index is 12.7. The summed E-state index contributed by atoms with van der Waals surface area (Å²) in [6.45, 7) is 8.75. The van der Waals surface area contributed by atoms with Crippen molar-refractivity contribution in [1.29, 1.82) is 0 Å². The highest BCUT2D eigenvalue weighted by molar-refractivity contribution is 14.1. The van der Waals surface area contributed by atoms with Crippen LogP contribution >= 0.6 is 22.6 Å². The summed E-state index contributed by atoms with van der Waals surface area (Å²) in [5.41, 5.74) is 3.72. The summed E-state index contributed by atoms with van der Waals surface area (Å²) in [6, 6.07) is 9.64. The Kier molecular flexibility index (Phi) is 11.1. The SMILES string of the molecule is CCCOc1c(I)cc(C=NNC(=O)C(NC(=O)c2ccc(OC)cc2)C(C)C)cc1OCC. The van der Waals surface area contributed by atoms with Crippen LogP contribution in [0.2, 0.25) is 0 Å². The fraction of sp³-hybridized carbons (Fsp3) is 0.400. The molecule has 2 N–H and O–H groups in total. The molecule has 2 rings (SSSR count). The van der Waals surface area contributed by atoms with E-state index < -0.39 is 11.9 Å². The molecule has 0 radical (unpaired) electrons. The van der Waals surface area contributed by atoms with E-state index in [4.69, 9.17) is 14.2 Å². The van der Waals surface area contributed by atoms with Gasteiger partial charge in [0.15, 0.2) is 11.5 Å². The van der Waals surface area contributed by atoms with Crippen LogP contribution in [-0.4, -0.2) is 44.4 Å². The van der Waals surface area contributed by atoms with E-state index in [9.17, 15) is 9.59 Å². The van der Waals surface area contributed by atoms with Crippen LogP contribution in [-0.2, 0) is 4.79 Å². The Morgan fingerprint density at radius 1 is 1.12 bits per heavy atom. The van der Waals surface area contributed by atoms with Crippen LogP contribution in [0.3, 0.4) is 0 Å². The molecule has 1 unspecified atom stereocenters. The minimum Gasteiger partial charge on any atom is -0.497 e. The van der Waals surface area contributed by atoms with Crippen molar-refractivity contribution in [2.24, 2.45) is 11.0 Å². The molecular formula is C25H32IN3O5. The number of carbonyl (C=O) groups excluding carboxylic acids is 2. The van der Waals surface area contributed by atoms with Gasteiger partial charge in [-0.1, -0.05) is 20.8 Å². The van der Waals surface area contributed by atoms with Crippen molar-refractivity contribution >= 4 is 40.6 Å². The van der Waals surface area contributed by atoms with Gasteiger partial charge in [0.25, 0.3) is 11.8 Å². The molecule has 8 nitrogen and oxygen atoms in total. The van der Waals surface area contributed by atoms with Gasteiger partial charge in [0.2, 0.25) is 0 Å². The van der Waals surface area contributed by atoms with Gasteiger partial charge in [0, 0.05) is 5.56 Å². The standard InChI is InChI=1S/C25H32IN3O5/c1-6-12-34-23-20(26)13-17(14-21(23)33-7-2)15-27-29-25(31)22(16(3)4)28-24(30)18-8-10-19(32-5)11-9-18/h8-11,13-16,22H,6-7,12H2,1-5H3,(H,28,30)(H,29,31). The molecule has 0 aliphatic heterocycles. The summed E-state index contributed by atoms with van der Waals surface area (Å²) < 4.78 is 17.5. The summed E-state index contributed by atoms with van der Waals surface area (Å²) in [5.74, 6) is 1.08. The molecule has 0 fully saturated rings. The van der Waals surface area contributed by atoms with Crippen molar-refractivity contribution in [1.82, 2.24) is 10.7 Å². The molecule has 0 bridgehead atoms. The molecule has 0 saturated heterocycles. The number of rotatable bonds is 12. The Bertz CT molecular complexity index is 993. The Balaban J connectivity index is 2.08. The maximum atomic E-state index is 12.7. The van der Waals surface area contributed by atoms with Gasteiger partial charge in [-0.2, -0.15) is 5.10 Å². The summed E-state index contributed by atoms with van der Waals surface area (Å²) in [6.07, 6.45) is 2.43. The van der Waals surface area contributed by atoms with E-state index in [0.29, 0.717) is 36.0 Å². The highest BCUT2D eigenvalue weighted by atomic mass is 127. The third kappa shape index (κ3) is 7.89. The van der Waals surface area contributed by atoms with Gasteiger partial charge in [-0.15, -0.1) is 0 Å². The molecule has 184 valence electrons. The molecule has 0 aromatic heterocycles. The van der Waals surface area contributed by atoms with Gasteiger partial charge in [-0.3, -0.25) is 9.59 Å². The van der Waals surface area contributed by atoms with Crippen molar-refractivity contribution in [3.8, 4) is 17.2 Å². The van der Waals surface area contributed by atoms with Gasteiger partial charge < -0.3 is 19.5 Å². The van der Waals surface area contributed by atoms with Gasteiger partial charge >= 0.3 is 0 Å². The van der Waals surface area contributed by atoms with Gasteiger partial charge in [0.1, 0.15) is 11.8 Å². The molecule has 34 heavy (non-hydrogen) atoms. The molecule has 2 amide bonds. The van der Waals surface area contributed by atoms with Crippen molar-refractivity contribution in [3.05, 3.63) is 51.1 Å². The largest absolute Gasteiger partial charge is 0.497 e. The highest BCUT2D eigenvalue weighted by Crippen LogP contribution is 2.34. The second-order valence-corrected chi connectivity index (χ2v) is 8.93. The number of nitrogens with zero attached hydrogens (tertiary/aromatic N) is 1. The number of amides is 2. The Morgan fingerprint density at radius 2 is 1.82 bits per heavy atom. The molecule has 0 saturated carbocycles. The van der Waals surface area contributed by atoms with Crippen LogP contribution < -0.4 is 25.0 Å². The van der Waals surface area contributed by atoms with E-state index in [1.165, 1.54) is 6.21 Å². The number of ether oxygens (including phenoxy) is 3. The monoisotopic (exact) mass is 581 g/mol. The minimum atomic E-state index is -0.754.